The number of nitrogens with zero attached hydrogens (tertiary/aromatic N) is 2. The van der Waals surface area contributed by atoms with Crippen molar-refractivity contribution >= 4 is 5.91 Å². The molecule has 162 valence electrons. The second-order valence-corrected chi connectivity index (χ2v) is 7.78. The number of methoxy groups -OCH3 is 1. The molecule has 0 aliphatic rings. The largest absolute Gasteiger partial charge is 0.493 e. The fourth-order valence-electron chi connectivity index (χ4n) is 3.33. The highest BCUT2D eigenvalue weighted by molar-refractivity contribution is 5.78. The molecule has 0 saturated carbocycles. The first kappa shape index (κ1) is 22.3. The Kier molecular flexibility index (Phi) is 8.05. The lowest BCUT2D eigenvalue weighted by Gasteiger charge is -2.25. The van der Waals surface area contributed by atoms with Gasteiger partial charge >= 0.3 is 0 Å². The van der Waals surface area contributed by atoms with Gasteiger partial charge in [-0.25, -0.2) is 0 Å². The molecule has 5 nitrogen and oxygen atoms in total. The highest BCUT2D eigenvalue weighted by Gasteiger charge is 2.18. The summed E-state index contributed by atoms with van der Waals surface area (Å²) in [6, 6.07) is 19.9. The topological polar surface area (TPSA) is 51.7 Å². The molecule has 0 radical (unpaired) electrons. The number of hydrogen-bond donors (Lipinski definition) is 0. The molecule has 1 amide bonds. The summed E-state index contributed by atoms with van der Waals surface area (Å²) in [5.41, 5.74) is 3.27. The molecule has 0 N–H and O–H groups in total. The summed E-state index contributed by atoms with van der Waals surface area (Å²) in [5.74, 6) is 1.43. The van der Waals surface area contributed by atoms with Crippen molar-refractivity contribution in [2.24, 2.45) is 5.92 Å². The molecule has 0 bridgehead atoms. The van der Waals surface area contributed by atoms with Gasteiger partial charge in [-0.15, -0.1) is 0 Å². The molecule has 5 heteroatoms. The van der Waals surface area contributed by atoms with E-state index in [1.54, 1.807) is 19.5 Å². The average molecular weight is 419 g/mol. The molecular weight excluding hydrogens is 388 g/mol. The molecular formula is C26H30N2O3. The van der Waals surface area contributed by atoms with Gasteiger partial charge in [-0.1, -0.05) is 50.2 Å². The highest BCUT2D eigenvalue weighted by atomic mass is 16.5. The minimum absolute atomic E-state index is 0.0622. The number of aromatic nitrogens is 1. The van der Waals surface area contributed by atoms with E-state index in [2.05, 4.69) is 4.98 Å². The molecule has 2 aromatic carbocycles. The zero-order valence-corrected chi connectivity index (χ0v) is 18.5. The normalized spacial score (nSPS) is 10.7. The standard InChI is InChI=1S/C26H30N2O3/c1-20(2)26(29)28(16-13-21-11-14-27-15-12-21)18-23-9-10-24(25(17-23)30-3)31-19-22-7-5-4-6-8-22/h4-12,14-15,17,20H,13,16,18-19H2,1-3H3. The van der Waals surface area contributed by atoms with Gasteiger partial charge < -0.3 is 14.4 Å². The van der Waals surface area contributed by atoms with Gasteiger partial charge in [0.15, 0.2) is 11.5 Å². The first-order valence-electron chi connectivity index (χ1n) is 10.6. The Hall–Kier alpha value is -3.34. The predicted octanol–water partition coefficient (Wildman–Crippen LogP) is 4.90. The summed E-state index contributed by atoms with van der Waals surface area (Å²) in [6.07, 6.45) is 4.35. The molecule has 3 rings (SSSR count). The van der Waals surface area contributed by atoms with Crippen molar-refractivity contribution in [1.82, 2.24) is 9.88 Å². The van der Waals surface area contributed by atoms with Crippen molar-refractivity contribution in [1.29, 1.82) is 0 Å². The summed E-state index contributed by atoms with van der Waals surface area (Å²) in [7, 11) is 1.63. The Morgan fingerprint density at radius 2 is 1.68 bits per heavy atom. The Balaban J connectivity index is 1.70. The molecule has 0 aliphatic heterocycles. The number of pyridine rings is 1. The van der Waals surface area contributed by atoms with Crippen LogP contribution in [0.2, 0.25) is 0 Å². The third-order valence-corrected chi connectivity index (χ3v) is 5.06. The van der Waals surface area contributed by atoms with Crippen LogP contribution in [0.4, 0.5) is 0 Å². The predicted molar refractivity (Wildman–Crippen MR) is 122 cm³/mol. The minimum atomic E-state index is -0.0622. The summed E-state index contributed by atoms with van der Waals surface area (Å²) in [5, 5.41) is 0. The lowest BCUT2D eigenvalue weighted by Crippen LogP contribution is -2.35. The van der Waals surface area contributed by atoms with Crippen molar-refractivity contribution in [3.63, 3.8) is 0 Å². The molecule has 0 atom stereocenters. The van der Waals surface area contributed by atoms with E-state index in [9.17, 15) is 4.79 Å². The van der Waals surface area contributed by atoms with Gasteiger partial charge in [0, 0.05) is 31.4 Å². The van der Waals surface area contributed by atoms with Crippen LogP contribution in [0.5, 0.6) is 11.5 Å². The quantitative estimate of drug-likeness (QED) is 0.470. The van der Waals surface area contributed by atoms with Crippen molar-refractivity contribution in [3.05, 3.63) is 89.7 Å². The van der Waals surface area contributed by atoms with Crippen LogP contribution < -0.4 is 9.47 Å². The zero-order valence-electron chi connectivity index (χ0n) is 18.5. The third-order valence-electron chi connectivity index (χ3n) is 5.06. The Morgan fingerprint density at radius 1 is 0.935 bits per heavy atom. The average Bonchev–Trinajstić information content (AvgIpc) is 2.81. The smallest absolute Gasteiger partial charge is 0.225 e. The van der Waals surface area contributed by atoms with Gasteiger partial charge in [-0.05, 0) is 47.4 Å². The van der Waals surface area contributed by atoms with Crippen molar-refractivity contribution in [3.8, 4) is 11.5 Å². The molecule has 31 heavy (non-hydrogen) atoms. The number of benzene rings is 2. The van der Waals surface area contributed by atoms with Crippen molar-refractivity contribution < 1.29 is 14.3 Å². The molecule has 0 saturated heterocycles. The molecule has 3 aromatic rings. The van der Waals surface area contributed by atoms with Crippen molar-refractivity contribution in [2.45, 2.75) is 33.4 Å². The van der Waals surface area contributed by atoms with E-state index in [0.29, 0.717) is 31.2 Å². The first-order valence-corrected chi connectivity index (χ1v) is 10.6. The van der Waals surface area contributed by atoms with Crippen molar-refractivity contribution in [2.75, 3.05) is 13.7 Å². The van der Waals surface area contributed by atoms with E-state index in [0.717, 1.165) is 17.5 Å². The van der Waals surface area contributed by atoms with Gasteiger partial charge in [0.25, 0.3) is 0 Å². The number of ether oxygens (including phenoxy) is 2. The lowest BCUT2D eigenvalue weighted by molar-refractivity contribution is -0.135. The van der Waals surface area contributed by atoms with Crippen LogP contribution in [0.3, 0.4) is 0 Å². The van der Waals surface area contributed by atoms with Crippen LogP contribution in [0, 0.1) is 5.92 Å². The molecule has 1 aromatic heterocycles. The van der Waals surface area contributed by atoms with Gasteiger partial charge in [0.05, 0.1) is 7.11 Å². The van der Waals surface area contributed by atoms with E-state index in [-0.39, 0.29) is 11.8 Å². The van der Waals surface area contributed by atoms with Gasteiger partial charge in [0.1, 0.15) is 6.61 Å². The van der Waals surface area contributed by atoms with E-state index in [1.165, 1.54) is 5.56 Å². The van der Waals surface area contributed by atoms with E-state index < -0.39 is 0 Å². The van der Waals surface area contributed by atoms with Gasteiger partial charge in [-0.2, -0.15) is 0 Å². The molecule has 0 unspecified atom stereocenters. The summed E-state index contributed by atoms with van der Waals surface area (Å²) in [6.45, 7) is 5.51. The van der Waals surface area contributed by atoms with Crippen LogP contribution in [0.1, 0.15) is 30.5 Å². The fourth-order valence-corrected chi connectivity index (χ4v) is 3.33. The maximum atomic E-state index is 12.8. The monoisotopic (exact) mass is 418 g/mol. The van der Waals surface area contributed by atoms with Gasteiger partial charge in [0.2, 0.25) is 5.91 Å². The number of carbonyl (C=O) groups is 1. The third kappa shape index (κ3) is 6.57. The highest BCUT2D eigenvalue weighted by Crippen LogP contribution is 2.29. The minimum Gasteiger partial charge on any atom is -0.493 e. The first-order chi connectivity index (χ1) is 15.1. The molecule has 1 heterocycles. The number of hydrogen-bond acceptors (Lipinski definition) is 4. The maximum Gasteiger partial charge on any atom is 0.225 e. The number of carbonyl (C=O) groups excluding carboxylic acids is 1. The van der Waals surface area contributed by atoms with Crippen LogP contribution >= 0.6 is 0 Å². The second-order valence-electron chi connectivity index (χ2n) is 7.78. The lowest BCUT2D eigenvalue weighted by atomic mass is 10.1. The Labute approximate surface area is 184 Å². The molecule has 0 fully saturated rings. The summed E-state index contributed by atoms with van der Waals surface area (Å²) in [4.78, 5) is 18.8. The van der Waals surface area contributed by atoms with Crippen LogP contribution in [0.15, 0.2) is 73.1 Å². The maximum absolute atomic E-state index is 12.8. The van der Waals surface area contributed by atoms with E-state index in [4.69, 9.17) is 9.47 Å². The second kappa shape index (κ2) is 11.2. The molecule has 0 spiro atoms. The zero-order chi connectivity index (χ0) is 22.1. The van der Waals surface area contributed by atoms with Crippen LogP contribution in [-0.2, 0) is 24.4 Å². The summed E-state index contributed by atoms with van der Waals surface area (Å²) >= 11 is 0. The van der Waals surface area contributed by atoms with Crippen LogP contribution in [-0.4, -0.2) is 29.4 Å². The SMILES string of the molecule is COc1cc(CN(CCc2ccncc2)C(=O)C(C)C)ccc1OCc1ccccc1. The Morgan fingerprint density at radius 3 is 2.35 bits per heavy atom. The fraction of sp³-hybridized carbons (Fsp3) is 0.308. The summed E-state index contributed by atoms with van der Waals surface area (Å²) < 4.78 is 11.5. The van der Waals surface area contributed by atoms with E-state index >= 15 is 0 Å². The number of amides is 1. The van der Waals surface area contributed by atoms with Gasteiger partial charge in [-0.3, -0.25) is 9.78 Å². The molecule has 0 aliphatic carbocycles. The van der Waals surface area contributed by atoms with E-state index in [1.807, 2.05) is 79.4 Å². The van der Waals surface area contributed by atoms with Crippen LogP contribution in [0.25, 0.3) is 0 Å². The Bertz CT molecular complexity index is 959. The number of rotatable bonds is 10.